The summed E-state index contributed by atoms with van der Waals surface area (Å²) in [5.74, 6) is 0.235. The van der Waals surface area contributed by atoms with E-state index in [2.05, 4.69) is 5.10 Å². The second-order valence-electron chi connectivity index (χ2n) is 6.32. The van der Waals surface area contributed by atoms with Crippen molar-refractivity contribution >= 4 is 17.4 Å². The summed E-state index contributed by atoms with van der Waals surface area (Å²) in [4.78, 5) is 12.5. The Morgan fingerprint density at radius 2 is 2.05 bits per heavy atom. The van der Waals surface area contributed by atoms with Gasteiger partial charge in [-0.1, -0.05) is 30.9 Å². The molecule has 0 spiro atoms. The first-order valence-electron chi connectivity index (χ1n) is 7.95. The average molecular weight is 312 g/mol. The summed E-state index contributed by atoms with van der Waals surface area (Å²) in [5.41, 5.74) is 7.65. The molecule has 2 rings (SSSR count). The highest BCUT2D eigenvalue weighted by atomic mass is 35.5. The van der Waals surface area contributed by atoms with Gasteiger partial charge in [0, 0.05) is 19.4 Å². The summed E-state index contributed by atoms with van der Waals surface area (Å²) < 4.78 is 1.84. The maximum atomic E-state index is 12.5. The van der Waals surface area contributed by atoms with Crippen LogP contribution in [0.5, 0.6) is 0 Å². The smallest absolute Gasteiger partial charge is 0.139 e. The molecule has 0 bridgehead atoms. The first kappa shape index (κ1) is 16.5. The second-order valence-corrected chi connectivity index (χ2v) is 6.70. The Morgan fingerprint density at radius 3 is 2.62 bits per heavy atom. The van der Waals surface area contributed by atoms with E-state index in [0.29, 0.717) is 24.4 Å². The van der Waals surface area contributed by atoms with Crippen LogP contribution in [0.4, 0.5) is 0 Å². The van der Waals surface area contributed by atoms with Gasteiger partial charge in [-0.2, -0.15) is 5.10 Å². The van der Waals surface area contributed by atoms with Crippen molar-refractivity contribution in [2.24, 2.45) is 11.1 Å². The van der Waals surface area contributed by atoms with Crippen LogP contribution in [-0.2, 0) is 17.8 Å². The van der Waals surface area contributed by atoms with Crippen LogP contribution in [0.1, 0.15) is 56.8 Å². The molecule has 0 amide bonds. The molecule has 118 valence electrons. The summed E-state index contributed by atoms with van der Waals surface area (Å²) in [7, 11) is 0. The van der Waals surface area contributed by atoms with Crippen LogP contribution in [0.3, 0.4) is 0 Å². The number of nitrogens with zero attached hydrogens (tertiary/aromatic N) is 2. The minimum absolute atomic E-state index is 0.0217. The molecule has 0 saturated heterocycles. The van der Waals surface area contributed by atoms with Crippen molar-refractivity contribution < 1.29 is 4.79 Å². The summed E-state index contributed by atoms with van der Waals surface area (Å²) in [6.45, 7) is 5.24. The number of hydrogen-bond donors (Lipinski definition) is 1. The number of hydrogen-bond acceptors (Lipinski definition) is 3. The molecule has 5 heteroatoms. The van der Waals surface area contributed by atoms with Crippen molar-refractivity contribution in [2.45, 2.75) is 65.3 Å². The van der Waals surface area contributed by atoms with Gasteiger partial charge in [-0.25, -0.2) is 0 Å². The molecule has 4 nitrogen and oxygen atoms in total. The molecule has 1 saturated carbocycles. The van der Waals surface area contributed by atoms with Gasteiger partial charge in [0.1, 0.15) is 5.78 Å². The predicted octanol–water partition coefficient (Wildman–Crippen LogP) is 3.28. The van der Waals surface area contributed by atoms with Crippen molar-refractivity contribution in [3.63, 3.8) is 0 Å². The standard InChI is InChI=1S/C16H26ClN3O/c1-3-20-14(15(17)12(2)19-20)9-13(21)10-16(11-18)7-5-4-6-8-16/h3-11,18H2,1-2H3. The molecular formula is C16H26ClN3O. The zero-order valence-electron chi connectivity index (χ0n) is 13.1. The van der Waals surface area contributed by atoms with Crippen molar-refractivity contribution in [3.8, 4) is 0 Å². The van der Waals surface area contributed by atoms with Gasteiger partial charge in [-0.05, 0) is 38.6 Å². The Morgan fingerprint density at radius 1 is 1.38 bits per heavy atom. The van der Waals surface area contributed by atoms with Gasteiger partial charge in [-0.3, -0.25) is 9.48 Å². The van der Waals surface area contributed by atoms with E-state index in [1.165, 1.54) is 19.3 Å². The Hall–Kier alpha value is -0.870. The van der Waals surface area contributed by atoms with E-state index in [0.717, 1.165) is 30.8 Å². The quantitative estimate of drug-likeness (QED) is 0.877. The minimum atomic E-state index is 0.0217. The lowest BCUT2D eigenvalue weighted by Crippen LogP contribution is -2.35. The minimum Gasteiger partial charge on any atom is -0.330 e. The molecule has 1 aliphatic rings. The van der Waals surface area contributed by atoms with E-state index in [4.69, 9.17) is 17.3 Å². The van der Waals surface area contributed by atoms with Crippen molar-refractivity contribution in [1.82, 2.24) is 9.78 Å². The SMILES string of the molecule is CCn1nc(C)c(Cl)c1CC(=O)CC1(CN)CCCCC1. The predicted molar refractivity (Wildman–Crippen MR) is 85.5 cm³/mol. The van der Waals surface area contributed by atoms with Crippen LogP contribution in [0, 0.1) is 12.3 Å². The highest BCUT2D eigenvalue weighted by Crippen LogP contribution is 2.39. The largest absolute Gasteiger partial charge is 0.330 e. The molecule has 0 aliphatic heterocycles. The molecular weight excluding hydrogens is 286 g/mol. The van der Waals surface area contributed by atoms with Crippen LogP contribution in [-0.4, -0.2) is 22.1 Å². The molecule has 1 aromatic rings. The fourth-order valence-electron chi connectivity index (χ4n) is 3.46. The van der Waals surface area contributed by atoms with Gasteiger partial charge in [0.25, 0.3) is 0 Å². The maximum absolute atomic E-state index is 12.5. The second kappa shape index (κ2) is 6.93. The molecule has 2 N–H and O–H groups in total. The molecule has 1 aliphatic carbocycles. The van der Waals surface area contributed by atoms with Crippen LogP contribution in [0.25, 0.3) is 0 Å². The highest BCUT2D eigenvalue weighted by molar-refractivity contribution is 6.32. The molecule has 1 fully saturated rings. The van der Waals surface area contributed by atoms with Crippen molar-refractivity contribution in [3.05, 3.63) is 16.4 Å². The molecule has 1 aromatic heterocycles. The number of Topliss-reactive ketones (excluding diaryl/α,β-unsaturated/α-hetero) is 1. The first-order chi connectivity index (χ1) is 10.0. The zero-order chi connectivity index (χ0) is 15.5. The molecule has 21 heavy (non-hydrogen) atoms. The average Bonchev–Trinajstić information content (AvgIpc) is 2.75. The van der Waals surface area contributed by atoms with Crippen LogP contribution >= 0.6 is 11.6 Å². The topological polar surface area (TPSA) is 60.9 Å². The summed E-state index contributed by atoms with van der Waals surface area (Å²) in [6, 6.07) is 0. The number of ketones is 1. The van der Waals surface area contributed by atoms with Crippen molar-refractivity contribution in [2.75, 3.05) is 6.54 Å². The van der Waals surface area contributed by atoms with E-state index < -0.39 is 0 Å². The van der Waals surface area contributed by atoms with E-state index >= 15 is 0 Å². The highest BCUT2D eigenvalue weighted by Gasteiger charge is 2.33. The van der Waals surface area contributed by atoms with Gasteiger partial charge in [0.05, 0.1) is 16.4 Å². The third-order valence-corrected chi connectivity index (χ3v) is 5.23. The lowest BCUT2D eigenvalue weighted by molar-refractivity contribution is -0.121. The van der Waals surface area contributed by atoms with Crippen molar-refractivity contribution in [1.29, 1.82) is 0 Å². The molecule has 0 aromatic carbocycles. The van der Waals surface area contributed by atoms with Gasteiger partial charge in [0.15, 0.2) is 0 Å². The van der Waals surface area contributed by atoms with Crippen LogP contribution in [0.15, 0.2) is 0 Å². The molecule has 0 radical (unpaired) electrons. The molecule has 1 heterocycles. The summed E-state index contributed by atoms with van der Waals surface area (Å²) >= 11 is 6.29. The number of carbonyl (C=O) groups is 1. The third-order valence-electron chi connectivity index (χ3n) is 4.74. The number of rotatable bonds is 6. The fourth-order valence-corrected chi connectivity index (χ4v) is 3.66. The fraction of sp³-hybridized carbons (Fsp3) is 0.750. The molecule has 0 unspecified atom stereocenters. The monoisotopic (exact) mass is 311 g/mol. The number of aryl methyl sites for hydroxylation is 2. The Balaban J connectivity index is 2.07. The number of aromatic nitrogens is 2. The van der Waals surface area contributed by atoms with Crippen LogP contribution in [0.2, 0.25) is 5.02 Å². The third kappa shape index (κ3) is 3.67. The summed E-state index contributed by atoms with van der Waals surface area (Å²) in [5, 5.41) is 5.01. The van der Waals surface area contributed by atoms with E-state index in [-0.39, 0.29) is 11.2 Å². The summed E-state index contributed by atoms with van der Waals surface area (Å²) in [6.07, 6.45) is 6.76. The first-order valence-corrected chi connectivity index (χ1v) is 8.32. The lowest BCUT2D eigenvalue weighted by Gasteiger charge is -2.35. The van der Waals surface area contributed by atoms with Gasteiger partial charge >= 0.3 is 0 Å². The normalized spacial score (nSPS) is 17.9. The van der Waals surface area contributed by atoms with E-state index in [1.54, 1.807) is 0 Å². The Labute approximate surface area is 132 Å². The van der Waals surface area contributed by atoms with Crippen LogP contribution < -0.4 is 5.73 Å². The number of carbonyl (C=O) groups excluding carboxylic acids is 1. The van der Waals surface area contributed by atoms with E-state index in [1.807, 2.05) is 18.5 Å². The van der Waals surface area contributed by atoms with Gasteiger partial charge < -0.3 is 5.73 Å². The Bertz CT molecular complexity index is 504. The number of halogens is 1. The lowest BCUT2D eigenvalue weighted by atomic mass is 9.70. The van der Waals surface area contributed by atoms with Gasteiger partial charge in [-0.15, -0.1) is 0 Å². The number of nitrogens with two attached hydrogens (primary N) is 1. The zero-order valence-corrected chi connectivity index (χ0v) is 13.9. The maximum Gasteiger partial charge on any atom is 0.139 e. The Kier molecular flexibility index (Phi) is 5.44. The van der Waals surface area contributed by atoms with Gasteiger partial charge in [0.2, 0.25) is 0 Å². The molecule has 0 atom stereocenters. The van der Waals surface area contributed by atoms with E-state index in [9.17, 15) is 4.79 Å².